The molecule has 0 aromatic heterocycles. The summed E-state index contributed by atoms with van der Waals surface area (Å²) in [6.07, 6.45) is 18.2. The van der Waals surface area contributed by atoms with E-state index in [0.29, 0.717) is 12.8 Å². The van der Waals surface area contributed by atoms with Crippen LogP contribution in [0.2, 0.25) is 0 Å². The van der Waals surface area contributed by atoms with Crippen molar-refractivity contribution >= 4 is 5.78 Å². The molecule has 1 aromatic rings. The average Bonchev–Trinajstić information content (AvgIpc) is 2.59. The monoisotopic (exact) mass is 346 g/mol. The molecule has 0 aliphatic heterocycles. The van der Waals surface area contributed by atoms with Gasteiger partial charge in [0.1, 0.15) is 17.1 Å². The van der Waals surface area contributed by atoms with Crippen molar-refractivity contribution in [3.63, 3.8) is 0 Å². The Bertz CT molecular complexity index is 500. The van der Waals surface area contributed by atoms with Crippen LogP contribution in [0, 0.1) is 0 Å². The third-order valence-electron chi connectivity index (χ3n) is 4.48. The van der Waals surface area contributed by atoms with Gasteiger partial charge in [0.2, 0.25) is 0 Å². The molecule has 3 nitrogen and oxygen atoms in total. The Morgan fingerprint density at radius 2 is 1.36 bits per heavy atom. The lowest BCUT2D eigenvalue weighted by Crippen LogP contribution is -1.99. The quantitative estimate of drug-likeness (QED) is 0.228. The van der Waals surface area contributed by atoms with Gasteiger partial charge in [0, 0.05) is 6.42 Å². The second-order valence-electron chi connectivity index (χ2n) is 6.72. The predicted octanol–water partition coefficient (Wildman–Crippen LogP) is 6.54. The summed E-state index contributed by atoms with van der Waals surface area (Å²) >= 11 is 0. The summed E-state index contributed by atoms with van der Waals surface area (Å²) < 4.78 is 0. The van der Waals surface area contributed by atoms with E-state index in [-0.39, 0.29) is 22.8 Å². The molecular formula is C22H34O3. The number of carbonyl (C=O) groups excluding carboxylic acids is 1. The highest BCUT2D eigenvalue weighted by atomic mass is 16.3. The molecule has 0 fully saturated rings. The lowest BCUT2D eigenvalue weighted by Gasteiger charge is -2.04. The first-order valence-corrected chi connectivity index (χ1v) is 9.86. The van der Waals surface area contributed by atoms with Gasteiger partial charge < -0.3 is 10.2 Å². The molecule has 0 aliphatic rings. The molecule has 1 rings (SSSR count). The van der Waals surface area contributed by atoms with Crippen molar-refractivity contribution < 1.29 is 15.0 Å². The average molecular weight is 347 g/mol. The van der Waals surface area contributed by atoms with Gasteiger partial charge in [-0.25, -0.2) is 0 Å². The first-order chi connectivity index (χ1) is 12.2. The summed E-state index contributed by atoms with van der Waals surface area (Å²) in [5, 5.41) is 19.3. The van der Waals surface area contributed by atoms with Crippen molar-refractivity contribution in [1.29, 1.82) is 0 Å². The molecular weight excluding hydrogens is 312 g/mol. The van der Waals surface area contributed by atoms with E-state index < -0.39 is 0 Å². The number of hydrogen-bond acceptors (Lipinski definition) is 3. The van der Waals surface area contributed by atoms with Crippen LogP contribution in [0.5, 0.6) is 11.5 Å². The number of rotatable bonds is 14. The molecule has 0 bridgehead atoms. The van der Waals surface area contributed by atoms with E-state index in [1.54, 1.807) is 0 Å². The van der Waals surface area contributed by atoms with Crippen molar-refractivity contribution in [2.45, 2.75) is 84.0 Å². The Kier molecular flexibility index (Phi) is 11.5. The Balaban J connectivity index is 2.04. The van der Waals surface area contributed by atoms with E-state index in [9.17, 15) is 15.0 Å². The molecule has 0 amide bonds. The Hall–Kier alpha value is -1.77. The van der Waals surface area contributed by atoms with E-state index in [4.69, 9.17) is 0 Å². The minimum Gasteiger partial charge on any atom is -0.507 e. The highest BCUT2D eigenvalue weighted by Gasteiger charge is 2.14. The maximum atomic E-state index is 12.0. The third kappa shape index (κ3) is 9.33. The molecule has 0 saturated carbocycles. The topological polar surface area (TPSA) is 57.5 Å². The van der Waals surface area contributed by atoms with Gasteiger partial charge in [-0.05, 0) is 31.4 Å². The molecule has 0 saturated heterocycles. The van der Waals surface area contributed by atoms with E-state index in [2.05, 4.69) is 13.0 Å². The summed E-state index contributed by atoms with van der Waals surface area (Å²) in [6, 6.07) is 4.37. The summed E-state index contributed by atoms with van der Waals surface area (Å²) in [6.45, 7) is 2.25. The molecule has 0 unspecified atom stereocenters. The van der Waals surface area contributed by atoms with Crippen molar-refractivity contribution in [3.05, 3.63) is 35.9 Å². The van der Waals surface area contributed by atoms with Gasteiger partial charge in [-0.15, -0.1) is 0 Å². The number of aromatic hydroxyl groups is 2. The first-order valence-electron chi connectivity index (χ1n) is 9.86. The molecule has 0 aliphatic carbocycles. The number of carbonyl (C=O) groups is 1. The lowest BCUT2D eigenvalue weighted by molar-refractivity contribution is 0.0978. The predicted molar refractivity (Wildman–Crippen MR) is 104 cm³/mol. The standard InChI is InChI=1S/C22H34O3/c1-2-3-4-5-6-7-8-9-10-11-12-13-14-16-19(23)22-20(24)17-15-18-21(22)25/h12-13,15,17-18,24-25H,2-11,14,16H2,1H3. The Morgan fingerprint density at radius 1 is 0.840 bits per heavy atom. The number of ketones is 1. The minimum absolute atomic E-state index is 0.0369. The maximum absolute atomic E-state index is 12.0. The van der Waals surface area contributed by atoms with Crippen LogP contribution in [0.25, 0.3) is 0 Å². The molecule has 0 atom stereocenters. The van der Waals surface area contributed by atoms with Crippen molar-refractivity contribution in [2.75, 3.05) is 0 Å². The number of allylic oxidation sites excluding steroid dienone is 2. The van der Waals surface area contributed by atoms with Crippen LogP contribution < -0.4 is 0 Å². The smallest absolute Gasteiger partial charge is 0.170 e. The molecule has 1 aromatic carbocycles. The fourth-order valence-corrected chi connectivity index (χ4v) is 2.96. The number of benzene rings is 1. The van der Waals surface area contributed by atoms with Crippen LogP contribution in [0.3, 0.4) is 0 Å². The maximum Gasteiger partial charge on any atom is 0.170 e. The zero-order valence-corrected chi connectivity index (χ0v) is 15.7. The summed E-state index contributed by atoms with van der Waals surface area (Å²) in [7, 11) is 0. The number of phenols is 2. The largest absolute Gasteiger partial charge is 0.507 e. The summed E-state index contributed by atoms with van der Waals surface area (Å²) in [5.41, 5.74) is 0.0369. The van der Waals surface area contributed by atoms with E-state index in [1.807, 2.05) is 6.08 Å². The van der Waals surface area contributed by atoms with E-state index >= 15 is 0 Å². The van der Waals surface area contributed by atoms with Crippen molar-refractivity contribution in [3.8, 4) is 11.5 Å². The summed E-state index contributed by atoms with van der Waals surface area (Å²) in [4.78, 5) is 12.0. The van der Waals surface area contributed by atoms with E-state index in [1.165, 1.54) is 76.0 Å². The Morgan fingerprint density at radius 3 is 1.96 bits per heavy atom. The number of unbranched alkanes of at least 4 members (excludes halogenated alkanes) is 9. The van der Waals surface area contributed by atoms with Crippen LogP contribution >= 0.6 is 0 Å². The molecule has 0 spiro atoms. The Labute approximate surface area is 152 Å². The fraction of sp³-hybridized carbons (Fsp3) is 0.591. The normalized spacial score (nSPS) is 11.2. The van der Waals surface area contributed by atoms with Gasteiger partial charge in [0.15, 0.2) is 5.78 Å². The number of hydrogen-bond donors (Lipinski definition) is 2. The molecule has 25 heavy (non-hydrogen) atoms. The fourth-order valence-electron chi connectivity index (χ4n) is 2.96. The van der Waals surface area contributed by atoms with Crippen LogP contribution in [-0.4, -0.2) is 16.0 Å². The number of Topliss-reactive ketones (excluding diaryl/α,β-unsaturated/α-hetero) is 1. The van der Waals surface area contributed by atoms with E-state index in [0.717, 1.165) is 6.42 Å². The first kappa shape index (κ1) is 21.3. The molecule has 0 heterocycles. The number of phenolic OH excluding ortho intramolecular Hbond substituents is 2. The van der Waals surface area contributed by atoms with Crippen molar-refractivity contribution in [2.24, 2.45) is 0 Å². The lowest BCUT2D eigenvalue weighted by atomic mass is 10.0. The van der Waals surface area contributed by atoms with Crippen LogP contribution in [0.4, 0.5) is 0 Å². The van der Waals surface area contributed by atoms with Gasteiger partial charge >= 0.3 is 0 Å². The molecule has 2 N–H and O–H groups in total. The SMILES string of the molecule is CCCCCCCCCCCC=CCCC(=O)c1c(O)cccc1O. The van der Waals surface area contributed by atoms with Crippen molar-refractivity contribution in [1.82, 2.24) is 0 Å². The van der Waals surface area contributed by atoms with Crippen LogP contribution in [0.15, 0.2) is 30.4 Å². The third-order valence-corrected chi connectivity index (χ3v) is 4.48. The van der Waals surface area contributed by atoms with Gasteiger partial charge in [0.05, 0.1) is 0 Å². The second-order valence-corrected chi connectivity index (χ2v) is 6.72. The summed E-state index contributed by atoms with van der Waals surface area (Å²) in [5.74, 6) is -0.518. The van der Waals surface area contributed by atoms with Crippen LogP contribution in [0.1, 0.15) is 94.3 Å². The van der Waals surface area contributed by atoms with Gasteiger partial charge in [-0.3, -0.25) is 4.79 Å². The van der Waals surface area contributed by atoms with Gasteiger partial charge in [0.25, 0.3) is 0 Å². The second kappa shape index (κ2) is 13.5. The zero-order chi connectivity index (χ0) is 18.3. The highest BCUT2D eigenvalue weighted by molar-refractivity contribution is 6.01. The molecule has 0 radical (unpaired) electrons. The molecule has 140 valence electrons. The van der Waals surface area contributed by atoms with Gasteiger partial charge in [-0.2, -0.15) is 0 Å². The molecule has 3 heteroatoms. The van der Waals surface area contributed by atoms with Crippen LogP contribution in [-0.2, 0) is 0 Å². The zero-order valence-electron chi connectivity index (χ0n) is 15.7. The van der Waals surface area contributed by atoms with Gasteiger partial charge in [-0.1, -0.05) is 76.5 Å². The highest BCUT2D eigenvalue weighted by Crippen LogP contribution is 2.27. The minimum atomic E-state index is -0.219.